The quantitative estimate of drug-likeness (QED) is 0.593. The molecule has 0 radical (unpaired) electrons. The van der Waals surface area contributed by atoms with Gasteiger partial charge in [0.2, 0.25) is 0 Å². The third-order valence-corrected chi connectivity index (χ3v) is 5.49. The van der Waals surface area contributed by atoms with Gasteiger partial charge in [-0.25, -0.2) is 9.37 Å². The maximum Gasteiger partial charge on any atom is 0.254 e. The zero-order chi connectivity index (χ0) is 22.5. The van der Waals surface area contributed by atoms with Crippen LogP contribution in [0.5, 0.6) is 5.75 Å². The van der Waals surface area contributed by atoms with E-state index in [0.717, 1.165) is 18.9 Å². The topological polar surface area (TPSA) is 45.7 Å². The van der Waals surface area contributed by atoms with E-state index in [-0.39, 0.29) is 11.7 Å². The van der Waals surface area contributed by atoms with Crippen molar-refractivity contribution in [2.24, 2.45) is 0 Å². The van der Waals surface area contributed by atoms with Gasteiger partial charge in [0.05, 0.1) is 12.7 Å². The second kappa shape index (κ2) is 9.52. The standard InChI is InChI=1S/C26H24FN3O2/c1-19-17-20(7-10-23(19)27)6-8-21-18-22(9-11-24(21)32-2)26(31)30-15-13-29(14-16-30)25-5-3-4-12-28-25/h3-5,7,9-12,17-18H,13-16H2,1-2H3. The summed E-state index contributed by atoms with van der Waals surface area (Å²) in [6.07, 6.45) is 1.78. The number of aromatic nitrogens is 1. The summed E-state index contributed by atoms with van der Waals surface area (Å²) in [5, 5.41) is 0. The smallest absolute Gasteiger partial charge is 0.254 e. The molecule has 0 atom stereocenters. The lowest BCUT2D eigenvalue weighted by Gasteiger charge is -2.35. The maximum atomic E-state index is 13.5. The molecule has 1 aromatic heterocycles. The number of nitrogens with zero attached hydrogens (tertiary/aromatic N) is 3. The highest BCUT2D eigenvalue weighted by atomic mass is 19.1. The fourth-order valence-corrected chi connectivity index (χ4v) is 3.66. The van der Waals surface area contributed by atoms with Crippen molar-refractivity contribution in [3.63, 3.8) is 0 Å². The van der Waals surface area contributed by atoms with Gasteiger partial charge in [-0.05, 0) is 61.0 Å². The molecule has 0 N–H and O–H groups in total. The van der Waals surface area contributed by atoms with Crippen molar-refractivity contribution < 1.29 is 13.9 Å². The number of pyridine rings is 1. The molecular weight excluding hydrogens is 405 g/mol. The third-order valence-electron chi connectivity index (χ3n) is 5.49. The number of amides is 1. The number of halogens is 1. The number of carbonyl (C=O) groups excluding carboxylic acids is 1. The van der Waals surface area contributed by atoms with Crippen LogP contribution in [0.3, 0.4) is 0 Å². The van der Waals surface area contributed by atoms with Gasteiger partial charge < -0.3 is 14.5 Å². The number of methoxy groups -OCH3 is 1. The number of hydrogen-bond donors (Lipinski definition) is 0. The van der Waals surface area contributed by atoms with Crippen LogP contribution in [0, 0.1) is 24.6 Å². The molecule has 0 aliphatic carbocycles. The third kappa shape index (κ3) is 4.73. The van der Waals surface area contributed by atoms with Crippen molar-refractivity contribution in [3.05, 3.63) is 88.9 Å². The van der Waals surface area contributed by atoms with Gasteiger partial charge in [0.1, 0.15) is 17.4 Å². The van der Waals surface area contributed by atoms with Crippen LogP contribution in [0.4, 0.5) is 10.2 Å². The molecule has 2 aromatic carbocycles. The molecule has 0 spiro atoms. The van der Waals surface area contributed by atoms with E-state index >= 15 is 0 Å². The molecule has 1 amide bonds. The van der Waals surface area contributed by atoms with Crippen molar-refractivity contribution in [3.8, 4) is 17.6 Å². The van der Waals surface area contributed by atoms with E-state index in [4.69, 9.17) is 4.74 Å². The van der Waals surface area contributed by atoms with Gasteiger partial charge in [0.15, 0.2) is 0 Å². The Morgan fingerprint density at radius 2 is 1.84 bits per heavy atom. The highest BCUT2D eigenvalue weighted by Gasteiger charge is 2.23. The number of rotatable bonds is 3. The van der Waals surface area contributed by atoms with E-state index in [1.165, 1.54) is 6.07 Å². The number of piperazine rings is 1. The van der Waals surface area contributed by atoms with Gasteiger partial charge in [0, 0.05) is 43.5 Å². The second-order valence-corrected chi connectivity index (χ2v) is 7.60. The average molecular weight is 429 g/mol. The first kappa shape index (κ1) is 21.4. The minimum absolute atomic E-state index is 0.0333. The molecule has 0 bridgehead atoms. The van der Waals surface area contributed by atoms with Crippen LogP contribution in [-0.4, -0.2) is 49.1 Å². The van der Waals surface area contributed by atoms with Gasteiger partial charge in [0.25, 0.3) is 5.91 Å². The minimum Gasteiger partial charge on any atom is -0.495 e. The number of benzene rings is 2. The summed E-state index contributed by atoms with van der Waals surface area (Å²) in [7, 11) is 1.57. The predicted molar refractivity (Wildman–Crippen MR) is 122 cm³/mol. The first-order valence-electron chi connectivity index (χ1n) is 10.5. The Kier molecular flexibility index (Phi) is 6.37. The normalized spacial score (nSPS) is 13.3. The van der Waals surface area contributed by atoms with Crippen molar-refractivity contribution >= 4 is 11.7 Å². The van der Waals surface area contributed by atoms with E-state index in [0.29, 0.717) is 41.1 Å². The molecule has 2 heterocycles. The van der Waals surface area contributed by atoms with Crippen LogP contribution in [0.15, 0.2) is 60.8 Å². The van der Waals surface area contributed by atoms with Crippen LogP contribution in [0.25, 0.3) is 0 Å². The minimum atomic E-state index is -0.260. The lowest BCUT2D eigenvalue weighted by Crippen LogP contribution is -2.49. The second-order valence-electron chi connectivity index (χ2n) is 7.60. The fourth-order valence-electron chi connectivity index (χ4n) is 3.66. The monoisotopic (exact) mass is 429 g/mol. The van der Waals surface area contributed by atoms with Crippen molar-refractivity contribution in [1.82, 2.24) is 9.88 Å². The highest BCUT2D eigenvalue weighted by molar-refractivity contribution is 5.95. The van der Waals surface area contributed by atoms with Gasteiger partial charge in [-0.2, -0.15) is 0 Å². The molecule has 1 fully saturated rings. The Labute approximate surface area is 187 Å². The fraction of sp³-hybridized carbons (Fsp3) is 0.231. The average Bonchev–Trinajstić information content (AvgIpc) is 2.85. The summed E-state index contributed by atoms with van der Waals surface area (Å²) in [6.45, 7) is 4.41. The Bertz CT molecular complexity index is 1180. The zero-order valence-corrected chi connectivity index (χ0v) is 18.1. The Balaban J connectivity index is 1.50. The van der Waals surface area contributed by atoms with E-state index < -0.39 is 0 Å². The SMILES string of the molecule is COc1ccc(C(=O)N2CCN(c3ccccn3)CC2)cc1C#Cc1ccc(F)c(C)c1. The van der Waals surface area contributed by atoms with Gasteiger partial charge in [-0.1, -0.05) is 17.9 Å². The van der Waals surface area contributed by atoms with Gasteiger partial charge >= 0.3 is 0 Å². The van der Waals surface area contributed by atoms with Crippen molar-refractivity contribution in [2.45, 2.75) is 6.92 Å². The van der Waals surface area contributed by atoms with E-state index in [1.54, 1.807) is 50.6 Å². The molecule has 0 unspecified atom stereocenters. The first-order valence-corrected chi connectivity index (χ1v) is 10.5. The summed E-state index contributed by atoms with van der Waals surface area (Å²) in [5.74, 6) is 7.33. The summed E-state index contributed by atoms with van der Waals surface area (Å²) >= 11 is 0. The lowest BCUT2D eigenvalue weighted by molar-refractivity contribution is 0.0746. The molecule has 32 heavy (non-hydrogen) atoms. The molecule has 5 nitrogen and oxygen atoms in total. The largest absolute Gasteiger partial charge is 0.495 e. The first-order chi connectivity index (χ1) is 15.5. The molecule has 3 aromatic rings. The molecule has 1 aliphatic rings. The number of anilines is 1. The summed E-state index contributed by atoms with van der Waals surface area (Å²) < 4.78 is 18.9. The van der Waals surface area contributed by atoms with Crippen LogP contribution in [0.2, 0.25) is 0 Å². The van der Waals surface area contributed by atoms with Crippen LogP contribution >= 0.6 is 0 Å². The van der Waals surface area contributed by atoms with Crippen LogP contribution in [-0.2, 0) is 0 Å². The molecule has 6 heteroatoms. The summed E-state index contributed by atoms with van der Waals surface area (Å²) in [5.41, 5.74) is 2.43. The predicted octanol–water partition coefficient (Wildman–Crippen LogP) is 3.90. The molecule has 0 saturated carbocycles. The molecule has 4 rings (SSSR count). The number of ether oxygens (including phenoxy) is 1. The lowest BCUT2D eigenvalue weighted by atomic mass is 10.1. The Morgan fingerprint density at radius 1 is 1.03 bits per heavy atom. The number of hydrogen-bond acceptors (Lipinski definition) is 4. The Morgan fingerprint density at radius 3 is 2.53 bits per heavy atom. The Hall–Kier alpha value is -3.85. The van der Waals surface area contributed by atoms with Gasteiger partial charge in [-0.15, -0.1) is 0 Å². The van der Waals surface area contributed by atoms with Crippen LogP contribution in [0.1, 0.15) is 27.0 Å². The maximum absolute atomic E-state index is 13.5. The van der Waals surface area contributed by atoms with Crippen LogP contribution < -0.4 is 9.64 Å². The molecule has 1 saturated heterocycles. The number of aryl methyl sites for hydroxylation is 1. The molecule has 1 aliphatic heterocycles. The summed E-state index contributed by atoms with van der Waals surface area (Å²) in [4.78, 5) is 21.5. The number of carbonyl (C=O) groups is 1. The zero-order valence-electron chi connectivity index (χ0n) is 18.1. The summed E-state index contributed by atoms with van der Waals surface area (Å²) in [6, 6.07) is 15.9. The molecule has 162 valence electrons. The van der Waals surface area contributed by atoms with Crippen molar-refractivity contribution in [2.75, 3.05) is 38.2 Å². The highest BCUT2D eigenvalue weighted by Crippen LogP contribution is 2.21. The van der Waals surface area contributed by atoms with Crippen molar-refractivity contribution in [1.29, 1.82) is 0 Å². The van der Waals surface area contributed by atoms with E-state index in [2.05, 4.69) is 21.7 Å². The van der Waals surface area contributed by atoms with Gasteiger partial charge in [-0.3, -0.25) is 4.79 Å². The van der Waals surface area contributed by atoms with E-state index in [9.17, 15) is 9.18 Å². The van der Waals surface area contributed by atoms with E-state index in [1.807, 2.05) is 23.1 Å². The molecular formula is C26H24FN3O2.